The standard InChI is InChI=1S/C14H21NO2/c1-9(2)14-12(17-11-5-6-11)7-8-13(15-14)16-10(3)4/h7-11H,5-6H2,1-4H3. The van der Waals surface area contributed by atoms with E-state index in [1.54, 1.807) is 0 Å². The summed E-state index contributed by atoms with van der Waals surface area (Å²) >= 11 is 0. The van der Waals surface area contributed by atoms with Crippen molar-refractivity contribution in [1.82, 2.24) is 4.98 Å². The highest BCUT2D eigenvalue weighted by atomic mass is 16.5. The van der Waals surface area contributed by atoms with E-state index in [-0.39, 0.29) is 6.10 Å². The van der Waals surface area contributed by atoms with E-state index < -0.39 is 0 Å². The topological polar surface area (TPSA) is 31.4 Å². The van der Waals surface area contributed by atoms with Crippen LogP contribution in [0.5, 0.6) is 11.6 Å². The van der Waals surface area contributed by atoms with Gasteiger partial charge in [-0.25, -0.2) is 4.98 Å². The molecule has 3 nitrogen and oxygen atoms in total. The highest BCUT2D eigenvalue weighted by molar-refractivity contribution is 5.34. The molecule has 0 amide bonds. The van der Waals surface area contributed by atoms with Crippen LogP contribution in [0.1, 0.15) is 52.1 Å². The van der Waals surface area contributed by atoms with Gasteiger partial charge in [0.2, 0.25) is 5.88 Å². The molecule has 1 aliphatic rings. The van der Waals surface area contributed by atoms with Gasteiger partial charge in [-0.05, 0) is 38.7 Å². The van der Waals surface area contributed by atoms with Gasteiger partial charge in [-0.15, -0.1) is 0 Å². The Morgan fingerprint density at radius 2 is 1.88 bits per heavy atom. The molecule has 0 N–H and O–H groups in total. The van der Waals surface area contributed by atoms with E-state index in [0.717, 1.165) is 11.4 Å². The van der Waals surface area contributed by atoms with Crippen LogP contribution >= 0.6 is 0 Å². The van der Waals surface area contributed by atoms with Crippen molar-refractivity contribution in [1.29, 1.82) is 0 Å². The molecule has 1 aromatic heterocycles. The molecule has 0 unspecified atom stereocenters. The van der Waals surface area contributed by atoms with Crippen LogP contribution < -0.4 is 9.47 Å². The predicted molar refractivity (Wildman–Crippen MR) is 67.7 cm³/mol. The summed E-state index contributed by atoms with van der Waals surface area (Å²) in [5, 5.41) is 0. The zero-order valence-corrected chi connectivity index (χ0v) is 11.1. The van der Waals surface area contributed by atoms with Gasteiger partial charge in [0.05, 0.1) is 17.9 Å². The monoisotopic (exact) mass is 235 g/mol. The van der Waals surface area contributed by atoms with Crippen molar-refractivity contribution in [2.24, 2.45) is 0 Å². The lowest BCUT2D eigenvalue weighted by molar-refractivity contribution is 0.229. The van der Waals surface area contributed by atoms with Crippen molar-refractivity contribution >= 4 is 0 Å². The maximum atomic E-state index is 5.86. The van der Waals surface area contributed by atoms with Crippen molar-refractivity contribution in [2.45, 2.75) is 58.7 Å². The second-order valence-corrected chi connectivity index (χ2v) is 5.17. The fraction of sp³-hybridized carbons (Fsp3) is 0.643. The Labute approximate surface area is 103 Å². The SMILES string of the molecule is CC(C)Oc1ccc(OC2CC2)c(C(C)C)n1. The number of nitrogens with zero attached hydrogens (tertiary/aromatic N) is 1. The van der Waals surface area contributed by atoms with E-state index >= 15 is 0 Å². The molecule has 1 fully saturated rings. The smallest absolute Gasteiger partial charge is 0.213 e. The minimum Gasteiger partial charge on any atom is -0.489 e. The molecule has 2 rings (SSSR count). The first-order valence-corrected chi connectivity index (χ1v) is 6.40. The van der Waals surface area contributed by atoms with Crippen molar-refractivity contribution < 1.29 is 9.47 Å². The summed E-state index contributed by atoms with van der Waals surface area (Å²) in [4.78, 5) is 4.55. The van der Waals surface area contributed by atoms with E-state index in [9.17, 15) is 0 Å². The summed E-state index contributed by atoms with van der Waals surface area (Å²) in [5.74, 6) is 1.95. The first-order chi connectivity index (χ1) is 8.06. The Kier molecular flexibility index (Phi) is 3.55. The molecule has 0 atom stereocenters. The van der Waals surface area contributed by atoms with Crippen LogP contribution in [-0.2, 0) is 0 Å². The molecule has 3 heteroatoms. The third-order valence-corrected chi connectivity index (χ3v) is 2.58. The molecule has 0 spiro atoms. The molecule has 1 heterocycles. The van der Waals surface area contributed by atoms with Crippen LogP contribution in [0.25, 0.3) is 0 Å². The number of hydrogen-bond acceptors (Lipinski definition) is 3. The lowest BCUT2D eigenvalue weighted by Gasteiger charge is -2.15. The van der Waals surface area contributed by atoms with E-state index in [2.05, 4.69) is 18.8 Å². The highest BCUT2D eigenvalue weighted by Gasteiger charge is 2.25. The maximum Gasteiger partial charge on any atom is 0.213 e. The van der Waals surface area contributed by atoms with Crippen LogP contribution in [-0.4, -0.2) is 17.2 Å². The maximum absolute atomic E-state index is 5.86. The summed E-state index contributed by atoms with van der Waals surface area (Å²) in [6.07, 6.45) is 2.90. The van der Waals surface area contributed by atoms with E-state index in [4.69, 9.17) is 9.47 Å². The van der Waals surface area contributed by atoms with Crippen LogP contribution in [0.3, 0.4) is 0 Å². The summed E-state index contributed by atoms with van der Waals surface area (Å²) in [6.45, 7) is 8.26. The lowest BCUT2D eigenvalue weighted by atomic mass is 10.1. The Balaban J connectivity index is 2.20. The summed E-state index contributed by atoms with van der Waals surface area (Å²) in [6, 6.07) is 3.88. The molecule has 0 bridgehead atoms. The van der Waals surface area contributed by atoms with Crippen LogP contribution in [0.4, 0.5) is 0 Å². The van der Waals surface area contributed by atoms with E-state index in [1.807, 2.05) is 26.0 Å². The first kappa shape index (κ1) is 12.2. The minimum absolute atomic E-state index is 0.151. The summed E-state index contributed by atoms with van der Waals surface area (Å²) in [7, 11) is 0. The van der Waals surface area contributed by atoms with Gasteiger partial charge in [-0.1, -0.05) is 13.8 Å². The average molecular weight is 235 g/mol. The van der Waals surface area contributed by atoms with Crippen LogP contribution in [0.2, 0.25) is 0 Å². The zero-order valence-electron chi connectivity index (χ0n) is 11.1. The molecule has 17 heavy (non-hydrogen) atoms. The Hall–Kier alpha value is -1.25. The van der Waals surface area contributed by atoms with Gasteiger partial charge in [0.25, 0.3) is 0 Å². The fourth-order valence-electron chi connectivity index (χ4n) is 1.63. The van der Waals surface area contributed by atoms with Gasteiger partial charge < -0.3 is 9.47 Å². The molecule has 0 radical (unpaired) electrons. The Bertz CT molecular complexity index is 384. The second-order valence-electron chi connectivity index (χ2n) is 5.17. The molecule has 0 saturated heterocycles. The van der Waals surface area contributed by atoms with Crippen molar-refractivity contribution in [2.75, 3.05) is 0 Å². The van der Waals surface area contributed by atoms with Crippen LogP contribution in [0, 0.1) is 0 Å². The van der Waals surface area contributed by atoms with Crippen molar-refractivity contribution in [3.05, 3.63) is 17.8 Å². The molecule has 1 saturated carbocycles. The van der Waals surface area contributed by atoms with Gasteiger partial charge >= 0.3 is 0 Å². The van der Waals surface area contributed by atoms with Crippen molar-refractivity contribution in [3.8, 4) is 11.6 Å². The van der Waals surface area contributed by atoms with Gasteiger partial charge in [0, 0.05) is 6.07 Å². The lowest BCUT2D eigenvalue weighted by Crippen LogP contribution is -2.09. The molecular formula is C14H21NO2. The molecular weight excluding hydrogens is 214 g/mol. The Morgan fingerprint density at radius 1 is 1.18 bits per heavy atom. The number of hydrogen-bond donors (Lipinski definition) is 0. The van der Waals surface area contributed by atoms with Gasteiger partial charge in [0.15, 0.2) is 0 Å². The normalized spacial score (nSPS) is 15.4. The third kappa shape index (κ3) is 3.35. The molecule has 1 aliphatic carbocycles. The second kappa shape index (κ2) is 4.94. The first-order valence-electron chi connectivity index (χ1n) is 6.40. The van der Waals surface area contributed by atoms with Gasteiger partial charge in [-0.2, -0.15) is 0 Å². The molecule has 94 valence electrons. The number of aromatic nitrogens is 1. The minimum atomic E-state index is 0.151. The summed E-state index contributed by atoms with van der Waals surface area (Å²) < 4.78 is 11.5. The van der Waals surface area contributed by atoms with E-state index in [1.165, 1.54) is 12.8 Å². The molecule has 0 aliphatic heterocycles. The molecule has 1 aromatic rings. The quantitative estimate of drug-likeness (QED) is 0.782. The average Bonchev–Trinajstić information content (AvgIpc) is 3.03. The Morgan fingerprint density at radius 3 is 2.41 bits per heavy atom. The van der Waals surface area contributed by atoms with Crippen LogP contribution in [0.15, 0.2) is 12.1 Å². The predicted octanol–water partition coefficient (Wildman–Crippen LogP) is 3.53. The van der Waals surface area contributed by atoms with Gasteiger partial charge in [-0.3, -0.25) is 0 Å². The summed E-state index contributed by atoms with van der Waals surface area (Å²) in [5.41, 5.74) is 0.995. The highest BCUT2D eigenvalue weighted by Crippen LogP contribution is 2.32. The number of pyridine rings is 1. The number of rotatable bonds is 5. The zero-order chi connectivity index (χ0) is 12.4. The van der Waals surface area contributed by atoms with Crippen molar-refractivity contribution in [3.63, 3.8) is 0 Å². The van der Waals surface area contributed by atoms with E-state index in [0.29, 0.717) is 17.9 Å². The third-order valence-electron chi connectivity index (χ3n) is 2.58. The largest absolute Gasteiger partial charge is 0.489 e. The number of ether oxygens (including phenoxy) is 2. The van der Waals surface area contributed by atoms with Gasteiger partial charge in [0.1, 0.15) is 5.75 Å². The fourth-order valence-corrected chi connectivity index (χ4v) is 1.63. The molecule has 0 aromatic carbocycles.